The summed E-state index contributed by atoms with van der Waals surface area (Å²) >= 11 is 0. The minimum absolute atomic E-state index is 0.0445. The molecule has 0 radical (unpaired) electrons. The van der Waals surface area contributed by atoms with E-state index in [4.69, 9.17) is 4.74 Å². The van der Waals surface area contributed by atoms with Crippen LogP contribution in [-0.2, 0) is 14.8 Å². The molecule has 1 aromatic rings. The van der Waals surface area contributed by atoms with E-state index in [2.05, 4.69) is 5.32 Å². The molecule has 0 saturated carbocycles. The molecule has 1 heterocycles. The number of rotatable bonds is 5. The number of morpholine rings is 1. The van der Waals surface area contributed by atoms with Crippen molar-refractivity contribution in [3.8, 4) is 0 Å². The minimum Gasteiger partial charge on any atom is -0.379 e. The number of ether oxygens (including phenoxy) is 1. The van der Waals surface area contributed by atoms with E-state index in [0.717, 1.165) is 6.42 Å². The highest BCUT2D eigenvalue weighted by Gasteiger charge is 2.28. The number of aryl methyl sites for hydroxylation is 1. The lowest BCUT2D eigenvalue weighted by Crippen LogP contribution is -2.41. The zero-order chi connectivity index (χ0) is 17.0. The fraction of sp³-hybridized carbons (Fsp3) is 0.562. The molecular weight excluding hydrogens is 316 g/mol. The fourth-order valence-corrected chi connectivity index (χ4v) is 4.01. The van der Waals surface area contributed by atoms with E-state index in [1.54, 1.807) is 19.1 Å². The molecule has 0 bridgehead atoms. The van der Waals surface area contributed by atoms with Gasteiger partial charge in [-0.3, -0.25) is 4.79 Å². The molecule has 1 aliphatic rings. The second-order valence-electron chi connectivity index (χ2n) is 5.78. The third-order valence-corrected chi connectivity index (χ3v) is 6.07. The Morgan fingerprint density at radius 3 is 2.61 bits per heavy atom. The van der Waals surface area contributed by atoms with Crippen molar-refractivity contribution in [2.45, 2.75) is 38.1 Å². The van der Waals surface area contributed by atoms with Crippen LogP contribution in [0.4, 0.5) is 0 Å². The first kappa shape index (κ1) is 17.9. The van der Waals surface area contributed by atoms with Crippen molar-refractivity contribution in [3.05, 3.63) is 29.3 Å². The van der Waals surface area contributed by atoms with Crippen LogP contribution in [0.5, 0.6) is 0 Å². The SMILES string of the molecule is CC[C@@H](C)NC(=O)c1ccc(C)c(S(=O)(=O)N2CCOCC2)c1. The zero-order valence-corrected chi connectivity index (χ0v) is 14.6. The molecule has 0 aliphatic carbocycles. The van der Waals surface area contributed by atoms with Crippen LogP contribution in [0.15, 0.2) is 23.1 Å². The van der Waals surface area contributed by atoms with Gasteiger partial charge in [0.25, 0.3) is 5.91 Å². The quantitative estimate of drug-likeness (QED) is 0.882. The number of nitrogens with one attached hydrogen (secondary N) is 1. The number of hydrogen-bond donors (Lipinski definition) is 1. The summed E-state index contributed by atoms with van der Waals surface area (Å²) in [6.45, 7) is 7.10. The molecule has 23 heavy (non-hydrogen) atoms. The molecule has 1 saturated heterocycles. The number of carbonyl (C=O) groups excluding carboxylic acids is 1. The number of amides is 1. The van der Waals surface area contributed by atoms with Crippen LogP contribution in [0.25, 0.3) is 0 Å². The lowest BCUT2D eigenvalue weighted by atomic mass is 10.1. The summed E-state index contributed by atoms with van der Waals surface area (Å²) in [4.78, 5) is 12.4. The van der Waals surface area contributed by atoms with Crippen LogP contribution >= 0.6 is 0 Å². The van der Waals surface area contributed by atoms with E-state index in [0.29, 0.717) is 37.4 Å². The van der Waals surface area contributed by atoms with Gasteiger partial charge >= 0.3 is 0 Å². The molecule has 1 amide bonds. The molecular formula is C16H24N2O4S. The van der Waals surface area contributed by atoms with Gasteiger partial charge in [0.15, 0.2) is 0 Å². The molecule has 0 unspecified atom stereocenters. The molecule has 7 heteroatoms. The van der Waals surface area contributed by atoms with E-state index in [1.165, 1.54) is 10.4 Å². The van der Waals surface area contributed by atoms with E-state index < -0.39 is 10.0 Å². The fourth-order valence-electron chi connectivity index (χ4n) is 2.35. The Labute approximate surface area is 137 Å². The molecule has 6 nitrogen and oxygen atoms in total. The first-order valence-corrected chi connectivity index (χ1v) is 9.29. The molecule has 1 atom stereocenters. The number of carbonyl (C=O) groups is 1. The molecule has 1 aromatic carbocycles. The highest BCUT2D eigenvalue weighted by Crippen LogP contribution is 2.22. The summed E-state index contributed by atoms with van der Waals surface area (Å²) in [6, 6.07) is 4.85. The van der Waals surface area contributed by atoms with Crippen LogP contribution in [0.2, 0.25) is 0 Å². The number of hydrogen-bond acceptors (Lipinski definition) is 4. The van der Waals surface area contributed by atoms with Crippen molar-refractivity contribution >= 4 is 15.9 Å². The molecule has 1 N–H and O–H groups in total. The highest BCUT2D eigenvalue weighted by molar-refractivity contribution is 7.89. The Balaban J connectivity index is 2.31. The third kappa shape index (κ3) is 4.10. The van der Waals surface area contributed by atoms with Crippen LogP contribution in [-0.4, -0.2) is 51.0 Å². The lowest BCUT2D eigenvalue weighted by Gasteiger charge is -2.26. The number of benzene rings is 1. The standard InChI is InChI=1S/C16H24N2O4S/c1-4-13(3)17-16(19)14-6-5-12(2)15(11-14)23(20,21)18-7-9-22-10-8-18/h5-6,11,13H,4,7-10H2,1-3H3,(H,17,19)/t13-/m1/s1. The summed E-state index contributed by atoms with van der Waals surface area (Å²) in [7, 11) is -3.61. The second kappa shape index (κ2) is 7.42. The van der Waals surface area contributed by atoms with Crippen LogP contribution in [0.3, 0.4) is 0 Å². The van der Waals surface area contributed by atoms with Gasteiger partial charge in [0.2, 0.25) is 10.0 Å². The van der Waals surface area contributed by atoms with Gasteiger partial charge in [-0.15, -0.1) is 0 Å². The van der Waals surface area contributed by atoms with Gasteiger partial charge in [0.1, 0.15) is 0 Å². The van der Waals surface area contributed by atoms with E-state index >= 15 is 0 Å². The normalized spacial score (nSPS) is 17.7. The average Bonchev–Trinajstić information content (AvgIpc) is 2.55. The van der Waals surface area contributed by atoms with Crippen molar-refractivity contribution in [3.63, 3.8) is 0 Å². The first-order valence-electron chi connectivity index (χ1n) is 7.85. The van der Waals surface area contributed by atoms with Gasteiger partial charge < -0.3 is 10.1 Å². The Hall–Kier alpha value is -1.44. The first-order chi connectivity index (χ1) is 10.9. The van der Waals surface area contributed by atoms with Crippen molar-refractivity contribution in [2.24, 2.45) is 0 Å². The minimum atomic E-state index is -3.61. The van der Waals surface area contributed by atoms with Gasteiger partial charge in [0.05, 0.1) is 18.1 Å². The molecule has 128 valence electrons. The van der Waals surface area contributed by atoms with Crippen molar-refractivity contribution in [1.82, 2.24) is 9.62 Å². The summed E-state index contributed by atoms with van der Waals surface area (Å²) in [6.07, 6.45) is 0.816. The monoisotopic (exact) mass is 340 g/mol. The Bertz CT molecular complexity index is 667. The molecule has 1 fully saturated rings. The average molecular weight is 340 g/mol. The summed E-state index contributed by atoms with van der Waals surface area (Å²) in [5, 5.41) is 2.86. The summed E-state index contributed by atoms with van der Waals surface area (Å²) < 4.78 is 32.2. The van der Waals surface area contributed by atoms with Crippen molar-refractivity contribution in [2.75, 3.05) is 26.3 Å². The third-order valence-electron chi connectivity index (χ3n) is 4.03. The number of nitrogens with zero attached hydrogens (tertiary/aromatic N) is 1. The number of sulfonamides is 1. The zero-order valence-electron chi connectivity index (χ0n) is 13.8. The Kier molecular flexibility index (Phi) is 5.78. The Morgan fingerprint density at radius 2 is 2.00 bits per heavy atom. The van der Waals surface area contributed by atoms with Crippen molar-refractivity contribution < 1.29 is 17.9 Å². The smallest absolute Gasteiger partial charge is 0.251 e. The van der Waals surface area contributed by atoms with Gasteiger partial charge in [-0.25, -0.2) is 8.42 Å². The van der Waals surface area contributed by atoms with Gasteiger partial charge in [-0.2, -0.15) is 4.31 Å². The predicted molar refractivity (Wildman–Crippen MR) is 88.0 cm³/mol. The van der Waals surface area contributed by atoms with Crippen molar-refractivity contribution in [1.29, 1.82) is 0 Å². The predicted octanol–water partition coefficient (Wildman–Crippen LogP) is 1.54. The molecule has 1 aliphatic heterocycles. The van der Waals surface area contributed by atoms with Crippen LogP contribution < -0.4 is 5.32 Å². The topological polar surface area (TPSA) is 75.7 Å². The van der Waals surface area contributed by atoms with Gasteiger partial charge in [-0.1, -0.05) is 13.0 Å². The second-order valence-corrected chi connectivity index (χ2v) is 7.69. The van der Waals surface area contributed by atoms with E-state index in [-0.39, 0.29) is 16.8 Å². The molecule has 0 aromatic heterocycles. The Morgan fingerprint density at radius 1 is 1.35 bits per heavy atom. The lowest BCUT2D eigenvalue weighted by molar-refractivity contribution is 0.0730. The summed E-state index contributed by atoms with van der Waals surface area (Å²) in [5.74, 6) is -0.252. The maximum Gasteiger partial charge on any atom is 0.251 e. The van der Waals surface area contributed by atoms with E-state index in [9.17, 15) is 13.2 Å². The van der Waals surface area contributed by atoms with Crippen LogP contribution in [0.1, 0.15) is 36.2 Å². The molecule has 0 spiro atoms. The maximum absolute atomic E-state index is 12.8. The largest absolute Gasteiger partial charge is 0.379 e. The van der Waals surface area contributed by atoms with Crippen LogP contribution in [0, 0.1) is 6.92 Å². The summed E-state index contributed by atoms with van der Waals surface area (Å²) in [5.41, 5.74) is 0.999. The van der Waals surface area contributed by atoms with Gasteiger partial charge in [0, 0.05) is 24.7 Å². The van der Waals surface area contributed by atoms with E-state index in [1.807, 2.05) is 13.8 Å². The highest BCUT2D eigenvalue weighted by atomic mass is 32.2. The van der Waals surface area contributed by atoms with Gasteiger partial charge in [-0.05, 0) is 38.0 Å². The molecule has 2 rings (SSSR count). The maximum atomic E-state index is 12.8.